The molecular formula is C19H21N3O3S2. The molecule has 3 rings (SSSR count). The van der Waals surface area contributed by atoms with Gasteiger partial charge in [-0.3, -0.25) is 4.79 Å². The first-order chi connectivity index (χ1) is 13.2. The number of methoxy groups -OCH3 is 1. The number of amides is 1. The molecule has 142 valence electrons. The van der Waals surface area contributed by atoms with Gasteiger partial charge in [0.1, 0.15) is 34.3 Å². The predicted octanol–water partition coefficient (Wildman–Crippen LogP) is 3.69. The van der Waals surface area contributed by atoms with E-state index in [1.54, 1.807) is 36.5 Å². The van der Waals surface area contributed by atoms with Gasteiger partial charge in [-0.15, -0.1) is 23.1 Å². The Morgan fingerprint density at radius 3 is 2.78 bits per heavy atom. The fourth-order valence-corrected chi connectivity index (χ4v) is 4.25. The lowest BCUT2D eigenvalue weighted by Gasteiger charge is -2.08. The Hall–Kier alpha value is -2.32. The molecule has 3 aromatic rings. The first-order valence-electron chi connectivity index (χ1n) is 8.53. The molecule has 0 bridgehead atoms. The van der Waals surface area contributed by atoms with Crippen LogP contribution in [0.3, 0.4) is 0 Å². The summed E-state index contributed by atoms with van der Waals surface area (Å²) in [5, 5.41) is 4.87. The van der Waals surface area contributed by atoms with Gasteiger partial charge in [0.15, 0.2) is 0 Å². The summed E-state index contributed by atoms with van der Waals surface area (Å²) in [5.41, 5.74) is 0. The van der Waals surface area contributed by atoms with Crippen molar-refractivity contribution in [1.82, 2.24) is 15.3 Å². The summed E-state index contributed by atoms with van der Waals surface area (Å²) in [6.07, 6.45) is 2.01. The Labute approximate surface area is 166 Å². The Balaban J connectivity index is 1.35. The Kier molecular flexibility index (Phi) is 6.89. The number of aromatic nitrogens is 2. The number of benzene rings is 1. The highest BCUT2D eigenvalue weighted by atomic mass is 32.2. The average molecular weight is 404 g/mol. The number of thioether (sulfide) groups is 1. The van der Waals surface area contributed by atoms with Crippen molar-refractivity contribution in [1.29, 1.82) is 0 Å². The van der Waals surface area contributed by atoms with Gasteiger partial charge < -0.3 is 14.8 Å². The second kappa shape index (κ2) is 9.57. The maximum absolute atomic E-state index is 12.0. The number of rotatable bonds is 9. The zero-order valence-corrected chi connectivity index (χ0v) is 16.9. The summed E-state index contributed by atoms with van der Waals surface area (Å²) in [4.78, 5) is 22.8. The highest BCUT2D eigenvalue weighted by Crippen LogP contribution is 2.30. The third-order valence-corrected chi connectivity index (χ3v) is 5.70. The SMILES string of the molecule is COc1ccc(OCCNC(=O)CCSc2ncnc3sc(C)cc23)cc1. The molecule has 8 heteroatoms. The third-order valence-electron chi connectivity index (χ3n) is 3.74. The number of carbonyl (C=O) groups is 1. The molecule has 0 aliphatic heterocycles. The molecular weight excluding hydrogens is 382 g/mol. The van der Waals surface area contributed by atoms with Crippen molar-refractivity contribution in [2.75, 3.05) is 26.0 Å². The number of carbonyl (C=O) groups excluding carboxylic acids is 1. The van der Waals surface area contributed by atoms with Gasteiger partial charge >= 0.3 is 0 Å². The van der Waals surface area contributed by atoms with Crippen LogP contribution >= 0.6 is 23.1 Å². The molecule has 0 aliphatic rings. The normalized spacial score (nSPS) is 10.7. The van der Waals surface area contributed by atoms with Crippen molar-refractivity contribution in [2.45, 2.75) is 18.4 Å². The van der Waals surface area contributed by atoms with Crippen LogP contribution in [-0.2, 0) is 4.79 Å². The molecule has 1 aromatic carbocycles. The van der Waals surface area contributed by atoms with Gasteiger partial charge in [-0.2, -0.15) is 0 Å². The Morgan fingerprint density at radius 1 is 1.22 bits per heavy atom. The van der Waals surface area contributed by atoms with Crippen LogP contribution in [-0.4, -0.2) is 41.9 Å². The van der Waals surface area contributed by atoms with Crippen LogP contribution in [0.15, 0.2) is 41.7 Å². The first-order valence-corrected chi connectivity index (χ1v) is 10.3. The second-order valence-electron chi connectivity index (χ2n) is 5.73. The van der Waals surface area contributed by atoms with Crippen LogP contribution in [0.4, 0.5) is 0 Å². The molecule has 0 spiro atoms. The van der Waals surface area contributed by atoms with E-state index in [0.29, 0.717) is 25.3 Å². The lowest BCUT2D eigenvalue weighted by Crippen LogP contribution is -2.28. The maximum Gasteiger partial charge on any atom is 0.220 e. The van der Waals surface area contributed by atoms with Gasteiger partial charge in [-0.05, 0) is 37.3 Å². The third kappa shape index (κ3) is 5.58. The maximum atomic E-state index is 12.0. The van der Waals surface area contributed by atoms with E-state index >= 15 is 0 Å². The summed E-state index contributed by atoms with van der Waals surface area (Å²) in [6, 6.07) is 9.45. The van der Waals surface area contributed by atoms with Crippen molar-refractivity contribution in [3.63, 3.8) is 0 Å². The molecule has 1 N–H and O–H groups in total. The van der Waals surface area contributed by atoms with Gasteiger partial charge in [0.05, 0.1) is 13.7 Å². The summed E-state index contributed by atoms with van der Waals surface area (Å²) in [6.45, 7) is 2.95. The van der Waals surface area contributed by atoms with Crippen LogP contribution in [0.1, 0.15) is 11.3 Å². The van der Waals surface area contributed by atoms with E-state index in [1.165, 1.54) is 4.88 Å². The molecule has 0 unspecified atom stereocenters. The topological polar surface area (TPSA) is 73.3 Å². The first kappa shape index (κ1) is 19.4. The molecule has 0 aliphatic carbocycles. The second-order valence-corrected chi connectivity index (χ2v) is 8.05. The molecule has 0 radical (unpaired) electrons. The zero-order valence-electron chi connectivity index (χ0n) is 15.2. The monoisotopic (exact) mass is 403 g/mol. The molecule has 2 heterocycles. The van der Waals surface area contributed by atoms with Crippen molar-refractivity contribution < 1.29 is 14.3 Å². The van der Waals surface area contributed by atoms with Gasteiger partial charge in [-0.1, -0.05) is 0 Å². The van der Waals surface area contributed by atoms with Crippen LogP contribution in [0.5, 0.6) is 11.5 Å². The van der Waals surface area contributed by atoms with Gasteiger partial charge in [-0.25, -0.2) is 9.97 Å². The van der Waals surface area contributed by atoms with Crippen LogP contribution in [0.2, 0.25) is 0 Å². The predicted molar refractivity (Wildman–Crippen MR) is 109 cm³/mol. The molecule has 1 amide bonds. The van der Waals surface area contributed by atoms with E-state index < -0.39 is 0 Å². The quantitative estimate of drug-likeness (QED) is 0.334. The zero-order chi connectivity index (χ0) is 19.1. The number of ether oxygens (including phenoxy) is 2. The van der Waals surface area contributed by atoms with Crippen molar-refractivity contribution >= 4 is 39.2 Å². The van der Waals surface area contributed by atoms with Crippen molar-refractivity contribution in [3.05, 3.63) is 41.5 Å². The van der Waals surface area contributed by atoms with E-state index in [4.69, 9.17) is 9.47 Å². The van der Waals surface area contributed by atoms with E-state index in [2.05, 4.69) is 28.3 Å². The smallest absolute Gasteiger partial charge is 0.220 e. The average Bonchev–Trinajstić information content (AvgIpc) is 3.07. The fraction of sp³-hybridized carbons (Fsp3) is 0.316. The molecule has 0 saturated heterocycles. The molecule has 0 saturated carbocycles. The minimum atomic E-state index is 0.00706. The van der Waals surface area contributed by atoms with E-state index in [1.807, 2.05) is 24.3 Å². The number of fused-ring (bicyclic) bond motifs is 1. The Morgan fingerprint density at radius 2 is 2.00 bits per heavy atom. The summed E-state index contributed by atoms with van der Waals surface area (Å²) < 4.78 is 10.7. The van der Waals surface area contributed by atoms with Crippen molar-refractivity contribution in [2.24, 2.45) is 0 Å². The highest BCUT2D eigenvalue weighted by molar-refractivity contribution is 7.99. The van der Waals surface area contributed by atoms with Gasteiger partial charge in [0.25, 0.3) is 0 Å². The lowest BCUT2D eigenvalue weighted by atomic mass is 10.3. The lowest BCUT2D eigenvalue weighted by molar-refractivity contribution is -0.120. The van der Waals surface area contributed by atoms with Gasteiger partial charge in [0, 0.05) is 22.4 Å². The highest BCUT2D eigenvalue weighted by Gasteiger charge is 2.08. The van der Waals surface area contributed by atoms with E-state index in [9.17, 15) is 4.79 Å². The van der Waals surface area contributed by atoms with Crippen LogP contribution in [0.25, 0.3) is 10.2 Å². The molecule has 0 fully saturated rings. The minimum absolute atomic E-state index is 0.00706. The number of aryl methyl sites for hydroxylation is 1. The summed E-state index contributed by atoms with van der Waals surface area (Å²) in [7, 11) is 1.62. The molecule has 0 atom stereocenters. The Bertz CT molecular complexity index is 897. The van der Waals surface area contributed by atoms with E-state index in [0.717, 1.165) is 26.7 Å². The largest absolute Gasteiger partial charge is 0.497 e. The van der Waals surface area contributed by atoms with Crippen LogP contribution in [0, 0.1) is 6.92 Å². The van der Waals surface area contributed by atoms with Crippen molar-refractivity contribution in [3.8, 4) is 11.5 Å². The summed E-state index contributed by atoms with van der Waals surface area (Å²) >= 11 is 3.24. The standard InChI is InChI=1S/C19H21N3O3S2/c1-13-11-16-18(21-12-22-19(16)27-13)26-10-7-17(23)20-8-9-25-15-5-3-14(24-2)4-6-15/h3-6,11-12H,7-10H2,1-2H3,(H,20,23). The van der Waals surface area contributed by atoms with Crippen LogP contribution < -0.4 is 14.8 Å². The fourth-order valence-electron chi connectivity index (χ4n) is 2.43. The minimum Gasteiger partial charge on any atom is -0.497 e. The van der Waals surface area contributed by atoms with E-state index in [-0.39, 0.29) is 5.91 Å². The number of hydrogen-bond donors (Lipinski definition) is 1. The molecule has 2 aromatic heterocycles. The number of hydrogen-bond acceptors (Lipinski definition) is 7. The molecule has 6 nitrogen and oxygen atoms in total. The van der Waals surface area contributed by atoms with Gasteiger partial charge in [0.2, 0.25) is 5.91 Å². The molecule has 27 heavy (non-hydrogen) atoms. The number of nitrogens with one attached hydrogen (secondary N) is 1. The number of nitrogens with zero attached hydrogens (tertiary/aromatic N) is 2. The summed E-state index contributed by atoms with van der Waals surface area (Å²) in [5.74, 6) is 2.21. The number of thiophene rings is 1.